The second-order valence-electron chi connectivity index (χ2n) is 5.06. The van der Waals surface area contributed by atoms with E-state index in [1.165, 1.54) is 31.2 Å². The van der Waals surface area contributed by atoms with E-state index < -0.39 is 22.9 Å². The maximum absolute atomic E-state index is 12.2. The van der Waals surface area contributed by atoms with Crippen molar-refractivity contribution in [3.8, 4) is 34.3 Å². The van der Waals surface area contributed by atoms with Crippen molar-refractivity contribution in [2.24, 2.45) is 0 Å². The SMILES string of the molecule is CC(=O)Oc1ccc(-c2oc3cc(O)cc(O)c3c(=O)c2O)cc1. The molecule has 0 aliphatic rings. The lowest BCUT2D eigenvalue weighted by Gasteiger charge is -2.08. The van der Waals surface area contributed by atoms with E-state index in [2.05, 4.69) is 0 Å². The van der Waals surface area contributed by atoms with E-state index >= 15 is 0 Å². The number of phenolic OH excluding ortho intramolecular Hbond substituents is 2. The summed E-state index contributed by atoms with van der Waals surface area (Å²) in [5, 5.41) is 29.1. The molecule has 3 N–H and O–H groups in total. The monoisotopic (exact) mass is 328 g/mol. The molecule has 0 saturated carbocycles. The number of fused-ring (bicyclic) bond motifs is 1. The molecule has 122 valence electrons. The Kier molecular flexibility index (Phi) is 3.61. The molecule has 0 aliphatic carbocycles. The number of rotatable bonds is 2. The summed E-state index contributed by atoms with van der Waals surface area (Å²) in [5.41, 5.74) is -0.549. The van der Waals surface area contributed by atoms with Gasteiger partial charge in [0, 0.05) is 24.6 Å². The maximum Gasteiger partial charge on any atom is 0.308 e. The van der Waals surface area contributed by atoms with Gasteiger partial charge in [0.05, 0.1) is 0 Å². The molecule has 3 rings (SSSR count). The Balaban J connectivity index is 2.18. The summed E-state index contributed by atoms with van der Waals surface area (Å²) < 4.78 is 10.4. The zero-order valence-corrected chi connectivity index (χ0v) is 12.4. The van der Waals surface area contributed by atoms with Gasteiger partial charge in [-0.2, -0.15) is 0 Å². The number of phenols is 2. The predicted molar refractivity (Wildman–Crippen MR) is 84.2 cm³/mol. The lowest BCUT2D eigenvalue weighted by atomic mass is 10.1. The van der Waals surface area contributed by atoms with Gasteiger partial charge in [-0.3, -0.25) is 9.59 Å². The Bertz CT molecular complexity index is 1000. The van der Waals surface area contributed by atoms with Crippen LogP contribution in [0.1, 0.15) is 6.92 Å². The highest BCUT2D eigenvalue weighted by Gasteiger charge is 2.18. The molecular formula is C17H12O7. The number of carbonyl (C=O) groups excluding carboxylic acids is 1. The molecule has 0 fully saturated rings. The lowest BCUT2D eigenvalue weighted by Crippen LogP contribution is -2.03. The van der Waals surface area contributed by atoms with E-state index in [1.807, 2.05) is 0 Å². The molecule has 0 saturated heterocycles. The number of ether oxygens (including phenoxy) is 1. The quantitative estimate of drug-likeness (QED) is 0.488. The molecule has 0 amide bonds. The zero-order chi connectivity index (χ0) is 17.4. The van der Waals surface area contributed by atoms with Crippen LogP contribution in [0.25, 0.3) is 22.3 Å². The molecule has 3 aromatic rings. The van der Waals surface area contributed by atoms with E-state index in [1.54, 1.807) is 0 Å². The standard InChI is InChI=1S/C17H12O7/c1-8(18)23-11-4-2-9(3-5-11)17-16(22)15(21)14-12(20)6-10(19)7-13(14)24-17/h2-7,19-20,22H,1H3. The van der Waals surface area contributed by atoms with Crippen molar-refractivity contribution in [2.45, 2.75) is 6.92 Å². The van der Waals surface area contributed by atoms with Crippen molar-refractivity contribution in [3.63, 3.8) is 0 Å². The molecule has 0 spiro atoms. The van der Waals surface area contributed by atoms with Crippen molar-refractivity contribution in [1.29, 1.82) is 0 Å². The molecule has 24 heavy (non-hydrogen) atoms. The largest absolute Gasteiger partial charge is 0.508 e. The normalized spacial score (nSPS) is 10.7. The molecule has 0 bridgehead atoms. The fourth-order valence-corrected chi connectivity index (χ4v) is 2.31. The Morgan fingerprint density at radius 1 is 1.08 bits per heavy atom. The van der Waals surface area contributed by atoms with Gasteiger partial charge in [-0.15, -0.1) is 0 Å². The molecule has 2 aromatic carbocycles. The van der Waals surface area contributed by atoms with Gasteiger partial charge in [0.15, 0.2) is 5.76 Å². The topological polar surface area (TPSA) is 117 Å². The number of hydrogen-bond donors (Lipinski definition) is 3. The van der Waals surface area contributed by atoms with Crippen molar-refractivity contribution in [3.05, 3.63) is 46.6 Å². The van der Waals surface area contributed by atoms with Gasteiger partial charge in [-0.05, 0) is 24.3 Å². The molecule has 0 aliphatic heterocycles. The average molecular weight is 328 g/mol. The molecule has 0 unspecified atom stereocenters. The van der Waals surface area contributed by atoms with Crippen molar-refractivity contribution in [1.82, 2.24) is 0 Å². The highest BCUT2D eigenvalue weighted by molar-refractivity contribution is 5.88. The first kappa shape index (κ1) is 15.4. The van der Waals surface area contributed by atoms with Crippen LogP contribution in [0.15, 0.2) is 45.6 Å². The van der Waals surface area contributed by atoms with Crippen molar-refractivity contribution >= 4 is 16.9 Å². The molecule has 0 atom stereocenters. The number of carbonyl (C=O) groups is 1. The zero-order valence-electron chi connectivity index (χ0n) is 12.4. The van der Waals surface area contributed by atoms with Gasteiger partial charge in [-0.25, -0.2) is 0 Å². The first-order valence-electron chi connectivity index (χ1n) is 6.87. The predicted octanol–water partition coefficient (Wildman–Crippen LogP) is 2.50. The third kappa shape index (κ3) is 2.63. The third-order valence-corrected chi connectivity index (χ3v) is 3.31. The third-order valence-electron chi connectivity index (χ3n) is 3.31. The minimum atomic E-state index is -0.826. The summed E-state index contributed by atoms with van der Waals surface area (Å²) in [4.78, 5) is 23.2. The van der Waals surface area contributed by atoms with Crippen LogP contribution in [0, 0.1) is 0 Å². The van der Waals surface area contributed by atoms with Crippen LogP contribution >= 0.6 is 0 Å². The molecule has 0 radical (unpaired) electrons. The maximum atomic E-state index is 12.2. The molecule has 1 aromatic heterocycles. The summed E-state index contributed by atoms with van der Waals surface area (Å²) in [5.74, 6) is -1.77. The van der Waals surface area contributed by atoms with Gasteiger partial charge in [-0.1, -0.05) is 0 Å². The number of hydrogen-bond acceptors (Lipinski definition) is 7. The summed E-state index contributed by atoms with van der Waals surface area (Å²) >= 11 is 0. The Hall–Kier alpha value is -3.48. The highest BCUT2D eigenvalue weighted by atomic mass is 16.5. The lowest BCUT2D eigenvalue weighted by molar-refractivity contribution is -0.131. The van der Waals surface area contributed by atoms with Crippen LogP contribution in [0.4, 0.5) is 0 Å². The minimum absolute atomic E-state index is 0.0747. The number of benzene rings is 2. The van der Waals surface area contributed by atoms with E-state index in [0.29, 0.717) is 11.3 Å². The van der Waals surface area contributed by atoms with Crippen LogP contribution in [-0.4, -0.2) is 21.3 Å². The second kappa shape index (κ2) is 5.62. The van der Waals surface area contributed by atoms with Crippen molar-refractivity contribution in [2.75, 3.05) is 0 Å². The highest BCUT2D eigenvalue weighted by Crippen LogP contribution is 2.35. The van der Waals surface area contributed by atoms with Gasteiger partial charge in [0.25, 0.3) is 0 Å². The fourth-order valence-electron chi connectivity index (χ4n) is 2.31. The fraction of sp³-hybridized carbons (Fsp3) is 0.0588. The molecule has 7 nitrogen and oxygen atoms in total. The van der Waals surface area contributed by atoms with Gasteiger partial charge < -0.3 is 24.5 Å². The summed E-state index contributed by atoms with van der Waals surface area (Å²) in [6.07, 6.45) is 0. The van der Waals surface area contributed by atoms with Gasteiger partial charge >= 0.3 is 5.97 Å². The molecular weight excluding hydrogens is 316 g/mol. The van der Waals surface area contributed by atoms with Gasteiger partial charge in [0.1, 0.15) is 28.2 Å². The van der Waals surface area contributed by atoms with Crippen LogP contribution < -0.4 is 10.2 Å². The van der Waals surface area contributed by atoms with E-state index in [-0.39, 0.29) is 22.5 Å². The van der Waals surface area contributed by atoms with Crippen LogP contribution in [0.5, 0.6) is 23.0 Å². The molecule has 1 heterocycles. The Morgan fingerprint density at radius 2 is 1.75 bits per heavy atom. The summed E-state index contributed by atoms with van der Waals surface area (Å²) in [6, 6.07) is 8.06. The van der Waals surface area contributed by atoms with E-state index in [0.717, 1.165) is 12.1 Å². The minimum Gasteiger partial charge on any atom is -0.508 e. The van der Waals surface area contributed by atoms with Crippen LogP contribution in [-0.2, 0) is 4.79 Å². The Morgan fingerprint density at radius 3 is 2.38 bits per heavy atom. The smallest absolute Gasteiger partial charge is 0.308 e. The van der Waals surface area contributed by atoms with Gasteiger partial charge in [0.2, 0.25) is 11.2 Å². The van der Waals surface area contributed by atoms with Crippen LogP contribution in [0.3, 0.4) is 0 Å². The van der Waals surface area contributed by atoms with Crippen LogP contribution in [0.2, 0.25) is 0 Å². The van der Waals surface area contributed by atoms with Crippen molar-refractivity contribution < 1.29 is 29.3 Å². The first-order valence-corrected chi connectivity index (χ1v) is 6.87. The average Bonchev–Trinajstić information content (AvgIpc) is 2.50. The Labute approximate surface area is 135 Å². The first-order chi connectivity index (χ1) is 11.4. The number of esters is 1. The molecule has 7 heteroatoms. The van der Waals surface area contributed by atoms with E-state index in [4.69, 9.17) is 9.15 Å². The summed E-state index contributed by atoms with van der Waals surface area (Å²) in [6.45, 7) is 1.26. The van der Waals surface area contributed by atoms with E-state index in [9.17, 15) is 24.9 Å². The summed E-state index contributed by atoms with van der Waals surface area (Å²) in [7, 11) is 0. The second-order valence-corrected chi connectivity index (χ2v) is 5.06. The number of aromatic hydroxyl groups is 3.